The molecule has 0 amide bonds. The second kappa shape index (κ2) is 6.73. The minimum atomic E-state index is -0.357. The molecule has 0 radical (unpaired) electrons. The first-order valence-corrected chi connectivity index (χ1v) is 6.77. The first-order valence-electron chi connectivity index (χ1n) is 6.39. The van der Waals surface area contributed by atoms with Gasteiger partial charge in [-0.15, -0.1) is 0 Å². The zero-order valence-electron chi connectivity index (χ0n) is 11.5. The summed E-state index contributed by atoms with van der Waals surface area (Å²) in [4.78, 5) is 0. The molecule has 106 valence electrons. The Bertz CT molecular complexity index is 588. The van der Waals surface area contributed by atoms with E-state index in [1.54, 1.807) is 6.07 Å². The normalized spacial score (nSPS) is 12.2. The van der Waals surface area contributed by atoms with Crippen molar-refractivity contribution in [2.45, 2.75) is 12.5 Å². The van der Waals surface area contributed by atoms with E-state index < -0.39 is 0 Å². The van der Waals surface area contributed by atoms with E-state index in [-0.39, 0.29) is 17.6 Å². The van der Waals surface area contributed by atoms with Crippen molar-refractivity contribution in [3.63, 3.8) is 0 Å². The van der Waals surface area contributed by atoms with Gasteiger partial charge in [0.2, 0.25) is 0 Å². The molecule has 1 unspecified atom stereocenters. The number of hydrogen-bond donors (Lipinski definition) is 1. The van der Waals surface area contributed by atoms with Crippen molar-refractivity contribution in [2.24, 2.45) is 0 Å². The largest absolute Gasteiger partial charge is 0.494 e. The lowest BCUT2D eigenvalue weighted by molar-refractivity contribution is 0.385. The standard InChI is InChI=1S/C16H17ClFNO/c1-19-15(10-11-5-3-4-6-13(11)17)12-7-8-16(20-2)14(18)9-12/h3-9,15,19H,10H2,1-2H3. The third-order valence-corrected chi connectivity index (χ3v) is 3.68. The smallest absolute Gasteiger partial charge is 0.165 e. The van der Waals surface area contributed by atoms with E-state index in [1.807, 2.05) is 37.4 Å². The molecule has 20 heavy (non-hydrogen) atoms. The number of hydrogen-bond acceptors (Lipinski definition) is 2. The maximum absolute atomic E-state index is 13.8. The van der Waals surface area contributed by atoms with Crippen molar-refractivity contribution >= 4 is 11.6 Å². The van der Waals surface area contributed by atoms with Crippen LogP contribution in [0.2, 0.25) is 5.02 Å². The summed E-state index contributed by atoms with van der Waals surface area (Å²) in [6.07, 6.45) is 0.696. The summed E-state index contributed by atoms with van der Waals surface area (Å²) in [5.41, 5.74) is 1.90. The number of nitrogens with one attached hydrogen (secondary N) is 1. The van der Waals surface area contributed by atoms with Crippen LogP contribution in [0.3, 0.4) is 0 Å². The molecule has 2 rings (SSSR count). The zero-order valence-corrected chi connectivity index (χ0v) is 12.2. The van der Waals surface area contributed by atoms with Gasteiger partial charge in [-0.25, -0.2) is 4.39 Å². The van der Waals surface area contributed by atoms with Crippen molar-refractivity contribution in [3.05, 3.63) is 64.4 Å². The van der Waals surface area contributed by atoms with Gasteiger partial charge in [-0.2, -0.15) is 0 Å². The van der Waals surface area contributed by atoms with Crippen LogP contribution in [0.25, 0.3) is 0 Å². The number of halogens is 2. The Morgan fingerprint density at radius 3 is 2.60 bits per heavy atom. The third kappa shape index (κ3) is 3.30. The van der Waals surface area contributed by atoms with E-state index >= 15 is 0 Å². The second-order valence-corrected chi connectivity index (χ2v) is 4.94. The Hall–Kier alpha value is -1.58. The molecule has 1 N–H and O–H groups in total. The van der Waals surface area contributed by atoms with Gasteiger partial charge >= 0.3 is 0 Å². The Balaban J connectivity index is 2.24. The van der Waals surface area contributed by atoms with E-state index in [0.717, 1.165) is 16.1 Å². The third-order valence-electron chi connectivity index (χ3n) is 3.31. The molecule has 2 aromatic rings. The highest BCUT2D eigenvalue weighted by Crippen LogP contribution is 2.26. The van der Waals surface area contributed by atoms with Crippen LogP contribution in [0.5, 0.6) is 5.75 Å². The van der Waals surface area contributed by atoms with Crippen molar-refractivity contribution in [1.29, 1.82) is 0 Å². The highest BCUT2D eigenvalue weighted by atomic mass is 35.5. The fourth-order valence-electron chi connectivity index (χ4n) is 2.17. The number of benzene rings is 2. The van der Waals surface area contributed by atoms with Crippen LogP contribution >= 0.6 is 11.6 Å². The van der Waals surface area contributed by atoms with Gasteiger partial charge in [-0.05, 0) is 42.8 Å². The highest BCUT2D eigenvalue weighted by Gasteiger charge is 2.14. The van der Waals surface area contributed by atoms with Gasteiger partial charge in [-0.1, -0.05) is 35.9 Å². The van der Waals surface area contributed by atoms with E-state index in [1.165, 1.54) is 13.2 Å². The van der Waals surface area contributed by atoms with Crippen LogP contribution in [0.4, 0.5) is 4.39 Å². The Kier molecular flexibility index (Phi) is 4.99. The minimum absolute atomic E-state index is 0.00435. The molecule has 2 aromatic carbocycles. The lowest BCUT2D eigenvalue weighted by atomic mass is 9.98. The summed E-state index contributed by atoms with van der Waals surface area (Å²) in [5, 5.41) is 3.92. The molecule has 0 spiro atoms. The lowest BCUT2D eigenvalue weighted by Gasteiger charge is -2.18. The summed E-state index contributed by atoms with van der Waals surface area (Å²) in [7, 11) is 3.31. The van der Waals surface area contributed by atoms with E-state index in [2.05, 4.69) is 5.32 Å². The summed E-state index contributed by atoms with van der Waals surface area (Å²) in [5.74, 6) is -0.106. The van der Waals surface area contributed by atoms with Crippen molar-refractivity contribution in [3.8, 4) is 5.75 Å². The monoisotopic (exact) mass is 293 g/mol. The summed E-state index contributed by atoms with van der Waals surface area (Å²) >= 11 is 6.17. The maximum Gasteiger partial charge on any atom is 0.165 e. The molecule has 0 bridgehead atoms. The van der Waals surface area contributed by atoms with Gasteiger partial charge < -0.3 is 10.1 Å². The number of likely N-dealkylation sites (N-methyl/N-ethyl adjacent to an activating group) is 1. The van der Waals surface area contributed by atoms with Crippen molar-refractivity contribution < 1.29 is 9.13 Å². The van der Waals surface area contributed by atoms with Gasteiger partial charge in [0.15, 0.2) is 11.6 Å². The van der Waals surface area contributed by atoms with Crippen molar-refractivity contribution in [1.82, 2.24) is 5.32 Å². The van der Waals surface area contributed by atoms with Gasteiger partial charge in [0, 0.05) is 11.1 Å². The molecule has 0 fully saturated rings. The Labute approximate surface area is 123 Å². The number of methoxy groups -OCH3 is 1. The van der Waals surface area contributed by atoms with Gasteiger partial charge in [-0.3, -0.25) is 0 Å². The molecule has 4 heteroatoms. The van der Waals surface area contributed by atoms with E-state index in [9.17, 15) is 4.39 Å². The van der Waals surface area contributed by atoms with Gasteiger partial charge in [0.25, 0.3) is 0 Å². The van der Waals surface area contributed by atoms with E-state index in [0.29, 0.717) is 6.42 Å². The lowest BCUT2D eigenvalue weighted by Crippen LogP contribution is -2.19. The number of ether oxygens (including phenoxy) is 1. The molecule has 1 atom stereocenters. The van der Waals surface area contributed by atoms with Crippen LogP contribution in [0.1, 0.15) is 17.2 Å². The minimum Gasteiger partial charge on any atom is -0.494 e. The van der Waals surface area contributed by atoms with Crippen LogP contribution in [0, 0.1) is 5.82 Å². The predicted molar refractivity (Wildman–Crippen MR) is 79.9 cm³/mol. The summed E-state index contributed by atoms with van der Waals surface area (Å²) < 4.78 is 18.7. The topological polar surface area (TPSA) is 21.3 Å². The first kappa shape index (κ1) is 14.8. The van der Waals surface area contributed by atoms with Crippen LogP contribution in [-0.4, -0.2) is 14.2 Å². The molecule has 0 heterocycles. The molecule has 0 aromatic heterocycles. The molecule has 0 aliphatic rings. The molecular formula is C16H17ClFNO. The molecular weight excluding hydrogens is 277 g/mol. The predicted octanol–water partition coefficient (Wildman–Crippen LogP) is 3.99. The van der Waals surface area contributed by atoms with E-state index in [4.69, 9.17) is 16.3 Å². The summed E-state index contributed by atoms with van der Waals surface area (Å²) in [6, 6.07) is 12.7. The molecule has 0 aliphatic heterocycles. The molecule has 0 aliphatic carbocycles. The number of rotatable bonds is 5. The maximum atomic E-state index is 13.8. The Morgan fingerprint density at radius 1 is 1.25 bits per heavy atom. The quantitative estimate of drug-likeness (QED) is 0.900. The van der Waals surface area contributed by atoms with Crippen LogP contribution < -0.4 is 10.1 Å². The average molecular weight is 294 g/mol. The van der Waals surface area contributed by atoms with Crippen LogP contribution in [0.15, 0.2) is 42.5 Å². The molecule has 0 saturated carbocycles. The van der Waals surface area contributed by atoms with Gasteiger partial charge in [0.1, 0.15) is 0 Å². The fourth-order valence-corrected chi connectivity index (χ4v) is 2.38. The Morgan fingerprint density at radius 2 is 2.00 bits per heavy atom. The van der Waals surface area contributed by atoms with Gasteiger partial charge in [0.05, 0.1) is 7.11 Å². The molecule has 2 nitrogen and oxygen atoms in total. The highest BCUT2D eigenvalue weighted by molar-refractivity contribution is 6.31. The van der Waals surface area contributed by atoms with Crippen molar-refractivity contribution in [2.75, 3.05) is 14.2 Å². The fraction of sp³-hybridized carbons (Fsp3) is 0.250. The average Bonchev–Trinajstić information content (AvgIpc) is 2.46. The molecule has 0 saturated heterocycles. The SMILES string of the molecule is CNC(Cc1ccccc1Cl)c1ccc(OC)c(F)c1. The second-order valence-electron chi connectivity index (χ2n) is 4.53. The summed E-state index contributed by atoms with van der Waals surface area (Å²) in [6.45, 7) is 0. The van der Waals surface area contributed by atoms with Crippen LogP contribution in [-0.2, 0) is 6.42 Å². The zero-order chi connectivity index (χ0) is 14.5. The first-order chi connectivity index (χ1) is 9.65.